The molecule has 0 N–H and O–H groups in total. The summed E-state index contributed by atoms with van der Waals surface area (Å²) < 4.78 is 12.8. The highest BCUT2D eigenvalue weighted by molar-refractivity contribution is 5.92. The first kappa shape index (κ1) is 15.4. The van der Waals surface area contributed by atoms with Crippen LogP contribution in [0.15, 0.2) is 22.9 Å². The zero-order chi connectivity index (χ0) is 16.5. The summed E-state index contributed by atoms with van der Waals surface area (Å²) in [5.41, 5.74) is 1.45. The highest BCUT2D eigenvalue weighted by Crippen LogP contribution is 2.40. The van der Waals surface area contributed by atoms with Crippen molar-refractivity contribution in [1.29, 1.82) is 0 Å². The molecule has 0 aromatic carbocycles. The molecule has 1 fully saturated rings. The summed E-state index contributed by atoms with van der Waals surface area (Å²) in [5.74, 6) is 1.23. The topological polar surface area (TPSA) is 73.4 Å². The second kappa shape index (κ2) is 6.39. The van der Waals surface area contributed by atoms with Crippen LogP contribution in [0.4, 0.5) is 0 Å². The number of amides is 1. The second-order valence-corrected chi connectivity index (χ2v) is 6.48. The molecule has 0 saturated heterocycles. The molecule has 7 heteroatoms. The molecular weight excluding hydrogens is 308 g/mol. The van der Waals surface area contributed by atoms with E-state index >= 15 is 0 Å². The summed E-state index contributed by atoms with van der Waals surface area (Å²) in [6.07, 6.45) is 4.88. The van der Waals surface area contributed by atoms with Gasteiger partial charge >= 0.3 is 0 Å². The molecule has 2 aromatic heterocycles. The third kappa shape index (κ3) is 2.96. The summed E-state index contributed by atoms with van der Waals surface area (Å²) in [7, 11) is 0. The number of aromatic nitrogens is 3. The summed E-state index contributed by atoms with van der Waals surface area (Å²) in [6.45, 7) is 4.52. The number of nitrogens with zero attached hydrogens (tertiary/aromatic N) is 4. The lowest BCUT2D eigenvalue weighted by Crippen LogP contribution is -2.41. The molecule has 1 aliphatic heterocycles. The standard InChI is InChI=1S/C17H22N4O3/c1-2-23-8-6-14-11-20(10-13-5-7-18-21(13)14)17(22)15-9-16(24-19-15)12-3-4-12/h5,7,9,12,14H,2-4,6,8,10-11H2,1H3/t14-/m0/s1. The molecule has 128 valence electrons. The van der Waals surface area contributed by atoms with Gasteiger partial charge in [0, 0.05) is 37.9 Å². The molecule has 1 atom stereocenters. The minimum Gasteiger partial charge on any atom is -0.382 e. The van der Waals surface area contributed by atoms with E-state index in [0.29, 0.717) is 37.9 Å². The molecule has 3 heterocycles. The molecule has 24 heavy (non-hydrogen) atoms. The van der Waals surface area contributed by atoms with E-state index in [2.05, 4.69) is 10.3 Å². The van der Waals surface area contributed by atoms with Crippen molar-refractivity contribution in [1.82, 2.24) is 19.8 Å². The van der Waals surface area contributed by atoms with E-state index in [-0.39, 0.29) is 11.9 Å². The summed E-state index contributed by atoms with van der Waals surface area (Å²) >= 11 is 0. The van der Waals surface area contributed by atoms with E-state index in [1.165, 1.54) is 0 Å². The molecule has 1 aliphatic carbocycles. The molecule has 0 bridgehead atoms. The number of carbonyl (C=O) groups is 1. The lowest BCUT2D eigenvalue weighted by Gasteiger charge is -2.33. The van der Waals surface area contributed by atoms with Crippen molar-refractivity contribution in [2.45, 2.75) is 44.7 Å². The summed E-state index contributed by atoms with van der Waals surface area (Å²) in [6, 6.07) is 3.90. The number of carbonyl (C=O) groups excluding carboxylic acids is 1. The van der Waals surface area contributed by atoms with Crippen LogP contribution < -0.4 is 0 Å². The van der Waals surface area contributed by atoms with Crippen LogP contribution in [0.5, 0.6) is 0 Å². The number of hydrogen-bond acceptors (Lipinski definition) is 5. The summed E-state index contributed by atoms with van der Waals surface area (Å²) in [5, 5.41) is 8.39. The minimum absolute atomic E-state index is 0.0699. The summed E-state index contributed by atoms with van der Waals surface area (Å²) in [4.78, 5) is 14.6. The van der Waals surface area contributed by atoms with E-state index in [1.807, 2.05) is 22.6 Å². The molecule has 2 aliphatic rings. The van der Waals surface area contributed by atoms with Crippen molar-refractivity contribution < 1.29 is 14.1 Å². The number of ether oxygens (including phenoxy) is 1. The number of fused-ring (bicyclic) bond motifs is 1. The van der Waals surface area contributed by atoms with Crippen LogP contribution in [-0.4, -0.2) is 45.5 Å². The highest BCUT2D eigenvalue weighted by Gasteiger charge is 2.32. The maximum atomic E-state index is 12.8. The zero-order valence-corrected chi connectivity index (χ0v) is 13.9. The van der Waals surface area contributed by atoms with Crippen LogP contribution in [0.3, 0.4) is 0 Å². The fraction of sp³-hybridized carbons (Fsp3) is 0.588. The average molecular weight is 330 g/mol. The first-order chi connectivity index (χ1) is 11.8. The Morgan fingerprint density at radius 1 is 1.46 bits per heavy atom. The van der Waals surface area contributed by atoms with Crippen molar-refractivity contribution >= 4 is 5.91 Å². The van der Waals surface area contributed by atoms with Gasteiger partial charge in [0.1, 0.15) is 5.76 Å². The van der Waals surface area contributed by atoms with Crippen molar-refractivity contribution in [2.75, 3.05) is 19.8 Å². The van der Waals surface area contributed by atoms with Crippen LogP contribution in [0.1, 0.15) is 60.1 Å². The number of hydrogen-bond donors (Lipinski definition) is 0. The molecule has 0 spiro atoms. The third-order valence-corrected chi connectivity index (χ3v) is 4.70. The fourth-order valence-corrected chi connectivity index (χ4v) is 3.23. The predicted molar refractivity (Wildman–Crippen MR) is 85.6 cm³/mol. The van der Waals surface area contributed by atoms with E-state index in [1.54, 1.807) is 12.3 Å². The van der Waals surface area contributed by atoms with Gasteiger partial charge in [0.15, 0.2) is 5.69 Å². The molecule has 1 amide bonds. The first-order valence-electron chi connectivity index (χ1n) is 8.62. The molecule has 2 aromatic rings. The van der Waals surface area contributed by atoms with Crippen LogP contribution >= 0.6 is 0 Å². The highest BCUT2D eigenvalue weighted by atomic mass is 16.5. The Morgan fingerprint density at radius 2 is 2.33 bits per heavy atom. The van der Waals surface area contributed by atoms with Gasteiger partial charge in [-0.25, -0.2) is 0 Å². The van der Waals surface area contributed by atoms with Gasteiger partial charge in [0.05, 0.1) is 18.3 Å². The fourth-order valence-electron chi connectivity index (χ4n) is 3.23. The van der Waals surface area contributed by atoms with Crippen molar-refractivity contribution in [3.8, 4) is 0 Å². The van der Waals surface area contributed by atoms with Crippen molar-refractivity contribution in [3.05, 3.63) is 35.5 Å². The largest absolute Gasteiger partial charge is 0.382 e. The molecule has 0 unspecified atom stereocenters. The lowest BCUT2D eigenvalue weighted by atomic mass is 10.1. The Hall–Kier alpha value is -2.15. The Bertz CT molecular complexity index is 719. The Morgan fingerprint density at radius 3 is 3.12 bits per heavy atom. The Labute approximate surface area is 140 Å². The second-order valence-electron chi connectivity index (χ2n) is 6.48. The van der Waals surface area contributed by atoms with Crippen LogP contribution in [0.25, 0.3) is 0 Å². The quantitative estimate of drug-likeness (QED) is 0.760. The molecule has 0 radical (unpaired) electrons. The maximum Gasteiger partial charge on any atom is 0.276 e. The molecule has 4 rings (SSSR count). The monoisotopic (exact) mass is 330 g/mol. The van der Waals surface area contributed by atoms with Gasteiger partial charge in [0.25, 0.3) is 5.91 Å². The van der Waals surface area contributed by atoms with Gasteiger partial charge in [-0.05, 0) is 32.3 Å². The number of rotatable bonds is 6. The maximum absolute atomic E-state index is 12.8. The van der Waals surface area contributed by atoms with Gasteiger partial charge in [-0.1, -0.05) is 5.16 Å². The van der Waals surface area contributed by atoms with E-state index < -0.39 is 0 Å². The SMILES string of the molecule is CCOCC[C@H]1CN(C(=O)c2cc(C3CC3)on2)Cc2ccnn21. The Balaban J connectivity index is 1.49. The van der Waals surface area contributed by atoms with Gasteiger partial charge in [-0.2, -0.15) is 5.10 Å². The molecule has 7 nitrogen and oxygen atoms in total. The zero-order valence-electron chi connectivity index (χ0n) is 13.9. The van der Waals surface area contributed by atoms with Crippen LogP contribution in [-0.2, 0) is 11.3 Å². The minimum atomic E-state index is -0.0699. The predicted octanol–water partition coefficient (Wildman–Crippen LogP) is 2.37. The van der Waals surface area contributed by atoms with Crippen LogP contribution in [0.2, 0.25) is 0 Å². The van der Waals surface area contributed by atoms with Gasteiger partial charge < -0.3 is 14.2 Å². The normalized spacial score (nSPS) is 20.2. The first-order valence-corrected chi connectivity index (χ1v) is 8.62. The van der Waals surface area contributed by atoms with Gasteiger partial charge in [-0.3, -0.25) is 9.48 Å². The van der Waals surface area contributed by atoms with Crippen LogP contribution in [0, 0.1) is 0 Å². The van der Waals surface area contributed by atoms with E-state index in [0.717, 1.165) is 30.7 Å². The van der Waals surface area contributed by atoms with Crippen molar-refractivity contribution in [2.24, 2.45) is 0 Å². The average Bonchev–Trinajstić information content (AvgIpc) is 3.13. The van der Waals surface area contributed by atoms with Gasteiger partial charge in [0.2, 0.25) is 0 Å². The molecular formula is C17H22N4O3. The molecule has 1 saturated carbocycles. The third-order valence-electron chi connectivity index (χ3n) is 4.70. The van der Waals surface area contributed by atoms with Gasteiger partial charge in [-0.15, -0.1) is 0 Å². The van der Waals surface area contributed by atoms with Crippen molar-refractivity contribution in [3.63, 3.8) is 0 Å². The van der Waals surface area contributed by atoms with E-state index in [4.69, 9.17) is 9.26 Å². The van der Waals surface area contributed by atoms with E-state index in [9.17, 15) is 4.79 Å². The smallest absolute Gasteiger partial charge is 0.276 e. The lowest BCUT2D eigenvalue weighted by molar-refractivity contribution is 0.0615. The Kier molecular flexibility index (Phi) is 4.10.